The van der Waals surface area contributed by atoms with Gasteiger partial charge in [0.2, 0.25) is 0 Å². The van der Waals surface area contributed by atoms with Gasteiger partial charge in [-0.25, -0.2) is 16.8 Å². The Balaban J connectivity index is 0.000000185. The van der Waals surface area contributed by atoms with E-state index in [0.29, 0.717) is 30.4 Å². The van der Waals surface area contributed by atoms with Crippen LogP contribution in [-0.4, -0.2) is 83.7 Å². The molecule has 15 heteroatoms. The van der Waals surface area contributed by atoms with Crippen LogP contribution in [0.25, 0.3) is 0 Å². The minimum Gasteiger partial charge on any atom is -0.386 e. The van der Waals surface area contributed by atoms with Gasteiger partial charge >= 0.3 is 0 Å². The Morgan fingerprint density at radius 2 is 1.04 bits per heavy atom. The Bertz CT molecular complexity index is 1790. The van der Waals surface area contributed by atoms with Crippen LogP contribution in [0.2, 0.25) is 0 Å². The van der Waals surface area contributed by atoms with E-state index in [2.05, 4.69) is 27.2 Å². The number of hydrogen-bond donors (Lipinski definition) is 3. The summed E-state index contributed by atoms with van der Waals surface area (Å²) in [6.07, 6.45) is 0. The fraction of sp³-hybridized carbons (Fsp3) is 0.412. The Hall–Kier alpha value is -2.53. The van der Waals surface area contributed by atoms with Crippen LogP contribution in [0.1, 0.15) is 38.8 Å². The maximum Gasteiger partial charge on any atom is 0.270 e. The minimum absolute atomic E-state index is 0.198. The monoisotopic (exact) mass is 768 g/mol. The number of nitrogens with zero attached hydrogens (tertiary/aromatic N) is 3. The lowest BCUT2D eigenvalue weighted by Crippen LogP contribution is -2.48. The van der Waals surface area contributed by atoms with Crippen molar-refractivity contribution in [3.8, 4) is 0 Å². The van der Waals surface area contributed by atoms with Crippen LogP contribution in [-0.2, 0) is 30.3 Å². The molecular formula is C34H45ClN4O6S4. The molecule has 0 spiro atoms. The molecule has 3 N–H and O–H groups in total. The predicted molar refractivity (Wildman–Crippen MR) is 201 cm³/mol. The number of nitrogens with one attached hydrogen (secondary N) is 1. The standard InChI is InChI=1S/C17H22N2O3S2.C13H20N2O.C4H3ClO2S2/c1-17(2,20)14-5-7-15(8-6-14)18-9-11-19(12-10-18)24(21,22)16-4-3-13-23-16;1-13(2,16)11-3-5-12(6-4-11)15-9-7-14-8-10-15;5-9(6,7)4-2-1-3-8-4/h3-8,13,20H,9-12H2,1-2H3;3-6,14,16H,7-10H2,1-2H3;1-3H. The van der Waals surface area contributed by atoms with Crippen molar-refractivity contribution in [3.05, 3.63) is 94.7 Å². The smallest absolute Gasteiger partial charge is 0.270 e. The van der Waals surface area contributed by atoms with Gasteiger partial charge in [-0.1, -0.05) is 36.4 Å². The van der Waals surface area contributed by atoms with E-state index in [9.17, 15) is 27.0 Å². The molecule has 2 saturated heterocycles. The molecule has 0 atom stereocenters. The zero-order chi connectivity index (χ0) is 35.9. The van der Waals surface area contributed by atoms with Crippen molar-refractivity contribution >= 4 is 63.8 Å². The fourth-order valence-corrected chi connectivity index (χ4v) is 9.57. The highest BCUT2D eigenvalue weighted by Gasteiger charge is 2.29. The van der Waals surface area contributed by atoms with Gasteiger partial charge in [-0.05, 0) is 86.0 Å². The van der Waals surface area contributed by atoms with Crippen molar-refractivity contribution in [2.75, 3.05) is 62.2 Å². The molecule has 2 fully saturated rings. The van der Waals surface area contributed by atoms with Crippen LogP contribution in [0.5, 0.6) is 0 Å². The summed E-state index contributed by atoms with van der Waals surface area (Å²) in [6, 6.07) is 22.5. The number of piperazine rings is 2. The first-order valence-electron chi connectivity index (χ1n) is 15.8. The molecule has 2 aliphatic rings. The predicted octanol–water partition coefficient (Wildman–Crippen LogP) is 5.49. The topological polar surface area (TPSA) is 130 Å². The van der Waals surface area contributed by atoms with Crippen LogP contribution < -0.4 is 15.1 Å². The molecule has 0 amide bonds. The molecule has 10 nitrogen and oxygen atoms in total. The van der Waals surface area contributed by atoms with E-state index in [1.807, 2.05) is 50.2 Å². The summed E-state index contributed by atoms with van der Waals surface area (Å²) < 4.78 is 48.2. The molecule has 2 aromatic carbocycles. The van der Waals surface area contributed by atoms with Crippen molar-refractivity contribution in [2.24, 2.45) is 0 Å². The highest BCUT2D eigenvalue weighted by atomic mass is 35.7. The van der Waals surface area contributed by atoms with Gasteiger partial charge in [0.15, 0.2) is 0 Å². The first kappa shape index (κ1) is 39.3. The van der Waals surface area contributed by atoms with Gasteiger partial charge in [0.1, 0.15) is 8.42 Å². The lowest BCUT2D eigenvalue weighted by Gasteiger charge is -2.35. The molecule has 49 heavy (non-hydrogen) atoms. The second kappa shape index (κ2) is 16.7. The van der Waals surface area contributed by atoms with E-state index in [4.69, 9.17) is 10.7 Å². The highest BCUT2D eigenvalue weighted by Crippen LogP contribution is 2.27. The van der Waals surface area contributed by atoms with Gasteiger partial charge in [0.25, 0.3) is 19.1 Å². The highest BCUT2D eigenvalue weighted by molar-refractivity contribution is 8.15. The van der Waals surface area contributed by atoms with Crippen LogP contribution >= 0.6 is 33.4 Å². The first-order valence-corrected chi connectivity index (χ1v) is 21.4. The number of aliphatic hydroxyl groups is 2. The number of rotatable bonds is 7. The molecule has 0 aliphatic carbocycles. The quantitative estimate of drug-likeness (QED) is 0.209. The Morgan fingerprint density at radius 1 is 0.633 bits per heavy atom. The number of hydrogen-bond acceptors (Lipinski definition) is 11. The maximum absolute atomic E-state index is 12.5. The molecule has 0 unspecified atom stereocenters. The van der Waals surface area contributed by atoms with Crippen LogP contribution in [0.3, 0.4) is 0 Å². The number of halogens is 1. The number of anilines is 2. The average Bonchev–Trinajstić information content (AvgIpc) is 3.82. The Labute approximate surface area is 303 Å². The summed E-state index contributed by atoms with van der Waals surface area (Å²) in [4.78, 5) is 4.54. The van der Waals surface area contributed by atoms with Gasteiger partial charge in [-0.15, -0.1) is 22.7 Å². The maximum atomic E-state index is 12.5. The average molecular weight is 769 g/mol. The molecule has 268 valence electrons. The molecule has 2 aliphatic heterocycles. The van der Waals surface area contributed by atoms with E-state index in [1.165, 1.54) is 23.1 Å². The van der Waals surface area contributed by atoms with E-state index in [-0.39, 0.29) is 4.21 Å². The number of thiophene rings is 2. The summed E-state index contributed by atoms with van der Waals surface area (Å²) in [5.41, 5.74) is 2.52. The normalized spacial score (nSPS) is 16.3. The second-order valence-electron chi connectivity index (χ2n) is 12.6. The van der Waals surface area contributed by atoms with Crippen molar-refractivity contribution in [3.63, 3.8) is 0 Å². The summed E-state index contributed by atoms with van der Waals surface area (Å²) >= 11 is 2.37. The van der Waals surface area contributed by atoms with Gasteiger partial charge < -0.3 is 25.3 Å². The Kier molecular flexibility index (Phi) is 13.3. The van der Waals surface area contributed by atoms with Crippen LogP contribution in [0, 0.1) is 0 Å². The molecule has 0 radical (unpaired) electrons. The van der Waals surface area contributed by atoms with Crippen molar-refractivity contribution < 1.29 is 27.0 Å². The van der Waals surface area contributed by atoms with Crippen molar-refractivity contribution in [1.82, 2.24) is 9.62 Å². The largest absolute Gasteiger partial charge is 0.386 e. The van der Waals surface area contributed by atoms with Crippen molar-refractivity contribution in [1.29, 1.82) is 0 Å². The molecule has 0 saturated carbocycles. The third-order valence-electron chi connectivity index (χ3n) is 8.06. The summed E-state index contributed by atoms with van der Waals surface area (Å²) in [6.45, 7) is 13.6. The molecule has 6 rings (SSSR count). The SMILES string of the molecule is CC(C)(O)c1ccc(N2CCN(S(=O)(=O)c3cccs3)CC2)cc1.CC(C)(O)c1ccc(N2CCNCC2)cc1.O=S(=O)(Cl)c1cccs1. The lowest BCUT2D eigenvalue weighted by atomic mass is 9.98. The summed E-state index contributed by atoms with van der Waals surface area (Å²) in [5, 5.41) is 26.7. The van der Waals surface area contributed by atoms with Crippen LogP contribution in [0.4, 0.5) is 11.4 Å². The number of benzene rings is 2. The minimum atomic E-state index is -3.47. The Morgan fingerprint density at radius 3 is 1.39 bits per heavy atom. The van der Waals surface area contributed by atoms with Gasteiger partial charge in [-0.2, -0.15) is 4.31 Å². The van der Waals surface area contributed by atoms with Gasteiger partial charge in [0, 0.05) is 74.4 Å². The van der Waals surface area contributed by atoms with E-state index >= 15 is 0 Å². The zero-order valence-electron chi connectivity index (χ0n) is 28.1. The first-order chi connectivity index (χ1) is 23.0. The van der Waals surface area contributed by atoms with E-state index < -0.39 is 30.3 Å². The number of sulfonamides is 1. The molecular weight excluding hydrogens is 724 g/mol. The third-order valence-corrected chi connectivity index (χ3v) is 14.3. The molecule has 0 bridgehead atoms. The molecule has 2 aromatic heterocycles. The fourth-order valence-electron chi connectivity index (χ4n) is 5.21. The summed E-state index contributed by atoms with van der Waals surface area (Å²) in [5.74, 6) is 0. The van der Waals surface area contributed by atoms with E-state index in [0.717, 1.165) is 54.3 Å². The van der Waals surface area contributed by atoms with Crippen molar-refractivity contribution in [2.45, 2.75) is 47.3 Å². The lowest BCUT2D eigenvalue weighted by molar-refractivity contribution is 0.0780. The third kappa shape index (κ3) is 11.2. The van der Waals surface area contributed by atoms with Gasteiger partial charge in [0.05, 0.1) is 11.2 Å². The molecule has 4 heterocycles. The summed E-state index contributed by atoms with van der Waals surface area (Å²) in [7, 11) is -1.84. The van der Waals surface area contributed by atoms with E-state index in [1.54, 1.807) is 47.1 Å². The zero-order valence-corrected chi connectivity index (χ0v) is 32.1. The second-order valence-corrected chi connectivity index (χ2v) is 19.5. The molecule has 4 aromatic rings. The van der Waals surface area contributed by atoms with Crippen LogP contribution in [0.15, 0.2) is 92.0 Å². The van der Waals surface area contributed by atoms with Gasteiger partial charge in [-0.3, -0.25) is 0 Å².